The lowest BCUT2D eigenvalue weighted by molar-refractivity contribution is -0.138. The van der Waals surface area contributed by atoms with E-state index in [1.807, 2.05) is 48.7 Å². The average molecular weight is 315 g/mol. The third-order valence-electron chi connectivity index (χ3n) is 3.27. The molecule has 22 heavy (non-hydrogen) atoms. The number of hydrogen-bond donors (Lipinski definition) is 0. The molecule has 1 aromatic carbocycles. The largest absolute Gasteiger partial charge is 0.481 e. The smallest absolute Gasteiger partial charge is 0.263 e. The fraction of sp³-hybridized carbons (Fsp3) is 0.278. The first-order chi connectivity index (χ1) is 10.6. The lowest BCUT2D eigenvalue weighted by Crippen LogP contribution is -2.40. The summed E-state index contributed by atoms with van der Waals surface area (Å²) in [5.41, 5.74) is 1.16. The van der Waals surface area contributed by atoms with Crippen LogP contribution in [0.1, 0.15) is 17.4 Å². The van der Waals surface area contributed by atoms with E-state index in [0.717, 1.165) is 10.4 Å². The maximum absolute atomic E-state index is 12.6. The summed E-state index contributed by atoms with van der Waals surface area (Å²) < 4.78 is 5.76. The zero-order valence-corrected chi connectivity index (χ0v) is 13.8. The van der Waals surface area contributed by atoms with Crippen LogP contribution in [0.4, 0.5) is 0 Å². The molecule has 116 valence electrons. The molecular formula is C18H21NO2S. The van der Waals surface area contributed by atoms with Crippen molar-refractivity contribution in [1.29, 1.82) is 0 Å². The van der Waals surface area contributed by atoms with Crippen molar-refractivity contribution in [2.24, 2.45) is 0 Å². The molecule has 0 aliphatic carbocycles. The van der Waals surface area contributed by atoms with E-state index in [1.165, 1.54) is 0 Å². The van der Waals surface area contributed by atoms with Gasteiger partial charge in [0.15, 0.2) is 6.10 Å². The van der Waals surface area contributed by atoms with Crippen LogP contribution in [0.3, 0.4) is 0 Å². The molecule has 1 atom stereocenters. The molecule has 2 aromatic rings. The number of hydrogen-bond acceptors (Lipinski definition) is 3. The molecule has 0 saturated heterocycles. The molecular weight excluding hydrogens is 294 g/mol. The molecule has 0 aliphatic rings. The van der Waals surface area contributed by atoms with Crippen molar-refractivity contribution in [3.63, 3.8) is 0 Å². The highest BCUT2D eigenvalue weighted by molar-refractivity contribution is 7.09. The summed E-state index contributed by atoms with van der Waals surface area (Å²) >= 11 is 1.64. The van der Waals surface area contributed by atoms with Gasteiger partial charge in [-0.25, -0.2) is 0 Å². The second-order valence-corrected chi connectivity index (χ2v) is 6.19. The van der Waals surface area contributed by atoms with Crippen LogP contribution < -0.4 is 4.74 Å². The van der Waals surface area contributed by atoms with Gasteiger partial charge < -0.3 is 9.64 Å². The van der Waals surface area contributed by atoms with Gasteiger partial charge in [0, 0.05) is 11.4 Å². The molecule has 1 heterocycles. The molecule has 2 rings (SSSR count). The third kappa shape index (κ3) is 4.46. The highest BCUT2D eigenvalue weighted by Crippen LogP contribution is 2.16. The van der Waals surface area contributed by atoms with Gasteiger partial charge in [0.05, 0.1) is 6.54 Å². The topological polar surface area (TPSA) is 29.5 Å². The van der Waals surface area contributed by atoms with Gasteiger partial charge >= 0.3 is 0 Å². The van der Waals surface area contributed by atoms with Crippen molar-refractivity contribution < 1.29 is 9.53 Å². The molecule has 0 aliphatic heterocycles. The maximum atomic E-state index is 12.6. The van der Waals surface area contributed by atoms with Gasteiger partial charge in [-0.2, -0.15) is 0 Å². The van der Waals surface area contributed by atoms with Gasteiger partial charge in [0.1, 0.15) is 5.75 Å². The zero-order chi connectivity index (χ0) is 15.9. The van der Waals surface area contributed by atoms with Crippen LogP contribution in [0.15, 0.2) is 54.4 Å². The highest BCUT2D eigenvalue weighted by atomic mass is 32.1. The van der Waals surface area contributed by atoms with E-state index < -0.39 is 6.10 Å². The Balaban J connectivity index is 2.01. The molecule has 1 amide bonds. The van der Waals surface area contributed by atoms with Crippen LogP contribution in [0.5, 0.6) is 5.75 Å². The summed E-state index contributed by atoms with van der Waals surface area (Å²) in [5.74, 6) is 0.676. The summed E-state index contributed by atoms with van der Waals surface area (Å²) in [6.45, 7) is 8.64. The summed E-state index contributed by atoms with van der Waals surface area (Å²) in [4.78, 5) is 15.5. The van der Waals surface area contributed by atoms with Gasteiger partial charge in [-0.05, 0) is 37.4 Å². The van der Waals surface area contributed by atoms with Crippen LogP contribution in [-0.4, -0.2) is 23.5 Å². The maximum Gasteiger partial charge on any atom is 0.263 e. The minimum atomic E-state index is -0.525. The van der Waals surface area contributed by atoms with Crippen molar-refractivity contribution >= 4 is 17.2 Å². The predicted molar refractivity (Wildman–Crippen MR) is 91.2 cm³/mol. The van der Waals surface area contributed by atoms with E-state index in [-0.39, 0.29) is 5.91 Å². The third-order valence-corrected chi connectivity index (χ3v) is 4.13. The second-order valence-electron chi connectivity index (χ2n) is 5.16. The first-order valence-corrected chi connectivity index (χ1v) is 8.13. The number of amides is 1. The Morgan fingerprint density at radius 1 is 1.36 bits per heavy atom. The number of benzene rings is 1. The van der Waals surface area contributed by atoms with E-state index in [9.17, 15) is 4.79 Å². The molecule has 0 N–H and O–H groups in total. The molecule has 1 aromatic heterocycles. The first kappa shape index (κ1) is 16.3. The van der Waals surface area contributed by atoms with Crippen LogP contribution in [-0.2, 0) is 11.3 Å². The molecule has 0 fully saturated rings. The van der Waals surface area contributed by atoms with E-state index >= 15 is 0 Å². The number of aryl methyl sites for hydroxylation is 1. The van der Waals surface area contributed by atoms with Crippen LogP contribution in [0, 0.1) is 6.92 Å². The monoisotopic (exact) mass is 315 g/mol. The summed E-state index contributed by atoms with van der Waals surface area (Å²) in [7, 11) is 0. The van der Waals surface area contributed by atoms with E-state index in [4.69, 9.17) is 4.74 Å². The Labute approximate surface area is 135 Å². The fourth-order valence-electron chi connectivity index (χ4n) is 2.11. The van der Waals surface area contributed by atoms with Crippen LogP contribution in [0.25, 0.3) is 0 Å². The Morgan fingerprint density at radius 3 is 2.68 bits per heavy atom. The Morgan fingerprint density at radius 2 is 2.09 bits per heavy atom. The van der Waals surface area contributed by atoms with Crippen LogP contribution >= 0.6 is 11.3 Å². The van der Waals surface area contributed by atoms with Gasteiger partial charge in [0.25, 0.3) is 5.91 Å². The standard InChI is InChI=1S/C18H21NO2S/c1-4-11-19(13-17-6-5-12-22-17)18(20)15(3)21-16-9-7-14(2)8-10-16/h4-10,12,15H,1,11,13H2,2-3H3. The van der Waals surface area contributed by atoms with Crippen molar-refractivity contribution in [2.45, 2.75) is 26.5 Å². The van der Waals surface area contributed by atoms with Crippen molar-refractivity contribution in [3.8, 4) is 5.75 Å². The Bertz CT molecular complexity index is 605. The van der Waals surface area contributed by atoms with E-state index in [1.54, 1.807) is 29.2 Å². The molecule has 0 radical (unpaired) electrons. The van der Waals surface area contributed by atoms with Crippen molar-refractivity contribution in [1.82, 2.24) is 4.90 Å². The van der Waals surface area contributed by atoms with E-state index in [2.05, 4.69) is 6.58 Å². The number of rotatable bonds is 7. The number of nitrogens with zero attached hydrogens (tertiary/aromatic N) is 1. The molecule has 4 heteroatoms. The lowest BCUT2D eigenvalue weighted by Gasteiger charge is -2.24. The summed E-state index contributed by atoms with van der Waals surface area (Å²) in [5, 5.41) is 2.01. The first-order valence-electron chi connectivity index (χ1n) is 7.25. The summed E-state index contributed by atoms with van der Waals surface area (Å²) in [6, 6.07) is 11.7. The normalized spacial score (nSPS) is 11.7. The van der Waals surface area contributed by atoms with Crippen LogP contribution in [0.2, 0.25) is 0 Å². The number of carbonyl (C=O) groups excluding carboxylic acids is 1. The second kappa shape index (κ2) is 7.80. The lowest BCUT2D eigenvalue weighted by atomic mass is 10.2. The van der Waals surface area contributed by atoms with E-state index in [0.29, 0.717) is 18.8 Å². The van der Waals surface area contributed by atoms with Gasteiger partial charge in [0.2, 0.25) is 0 Å². The molecule has 1 unspecified atom stereocenters. The molecule has 0 bridgehead atoms. The van der Waals surface area contributed by atoms with Gasteiger partial charge in [-0.1, -0.05) is 29.8 Å². The van der Waals surface area contributed by atoms with Gasteiger partial charge in [-0.15, -0.1) is 17.9 Å². The number of carbonyl (C=O) groups is 1. The molecule has 0 saturated carbocycles. The number of ether oxygens (including phenoxy) is 1. The summed E-state index contributed by atoms with van der Waals surface area (Å²) in [6.07, 6.45) is 1.21. The minimum Gasteiger partial charge on any atom is -0.481 e. The quantitative estimate of drug-likeness (QED) is 0.722. The van der Waals surface area contributed by atoms with Crippen molar-refractivity contribution in [3.05, 3.63) is 64.9 Å². The Kier molecular flexibility index (Phi) is 5.78. The highest BCUT2D eigenvalue weighted by Gasteiger charge is 2.21. The fourth-order valence-corrected chi connectivity index (χ4v) is 2.83. The zero-order valence-electron chi connectivity index (χ0n) is 13.0. The predicted octanol–water partition coefficient (Wildman–Crippen LogP) is 4.04. The van der Waals surface area contributed by atoms with Gasteiger partial charge in [-0.3, -0.25) is 4.79 Å². The minimum absolute atomic E-state index is 0.0334. The SMILES string of the molecule is C=CCN(Cc1cccs1)C(=O)C(C)Oc1ccc(C)cc1. The molecule has 0 spiro atoms. The number of thiophene rings is 1. The van der Waals surface area contributed by atoms with Crippen molar-refractivity contribution in [2.75, 3.05) is 6.54 Å². The molecule has 3 nitrogen and oxygen atoms in total. The Hall–Kier alpha value is -2.07. The average Bonchev–Trinajstić information content (AvgIpc) is 3.01.